The van der Waals surface area contributed by atoms with Crippen LogP contribution in [0.3, 0.4) is 0 Å². The van der Waals surface area contributed by atoms with Crippen molar-refractivity contribution < 1.29 is 12.8 Å². The number of halogens is 1. The number of rotatable bonds is 5. The average Bonchev–Trinajstić information content (AvgIpc) is 2.76. The lowest BCUT2D eigenvalue weighted by molar-refractivity contribution is 0.588. The van der Waals surface area contributed by atoms with Crippen molar-refractivity contribution in [3.05, 3.63) is 54.3 Å². The molecule has 0 spiro atoms. The van der Waals surface area contributed by atoms with Crippen LogP contribution in [-0.2, 0) is 10.2 Å². The quantitative estimate of drug-likeness (QED) is 0.855. The molecule has 2 aromatic rings. The fraction of sp³-hybridized carbons (Fsp3) is 0.250. The molecule has 122 valence electrons. The van der Waals surface area contributed by atoms with E-state index in [4.69, 9.17) is 5.73 Å². The van der Waals surface area contributed by atoms with Crippen LogP contribution in [0.25, 0.3) is 0 Å². The summed E-state index contributed by atoms with van der Waals surface area (Å²) in [6.07, 6.45) is 1.38. The minimum absolute atomic E-state index is 0.0290. The van der Waals surface area contributed by atoms with Crippen molar-refractivity contribution >= 4 is 27.3 Å². The first-order valence-electron chi connectivity index (χ1n) is 7.44. The number of hydrogen-bond donors (Lipinski definition) is 1. The lowest BCUT2D eigenvalue weighted by atomic mass is 10.2. The minimum atomic E-state index is -3.86. The molecular weight excluding hydrogens is 317 g/mol. The van der Waals surface area contributed by atoms with Gasteiger partial charge in [0, 0.05) is 6.54 Å². The summed E-state index contributed by atoms with van der Waals surface area (Å²) in [5, 5.41) is 0. The summed E-state index contributed by atoms with van der Waals surface area (Å²) >= 11 is 0. The highest BCUT2D eigenvalue weighted by Gasteiger charge is 2.41. The average molecular weight is 335 g/mol. The normalized spacial score (nSPS) is 15.7. The first-order chi connectivity index (χ1) is 11.1. The fourth-order valence-corrected chi connectivity index (χ4v) is 4.46. The number of nitrogens with two attached hydrogens (primary N) is 1. The van der Waals surface area contributed by atoms with Crippen molar-refractivity contribution in [2.75, 3.05) is 21.7 Å². The second-order valence-electron chi connectivity index (χ2n) is 5.28. The maximum Gasteiger partial charge on any atom is 0.331 e. The van der Waals surface area contributed by atoms with Crippen molar-refractivity contribution in [2.45, 2.75) is 12.8 Å². The molecule has 0 radical (unpaired) electrons. The lowest BCUT2D eigenvalue weighted by Gasteiger charge is -2.22. The van der Waals surface area contributed by atoms with Gasteiger partial charge in [-0.3, -0.25) is 4.31 Å². The number of fused-ring (bicyclic) bond motifs is 1. The Kier molecular flexibility index (Phi) is 4.23. The van der Waals surface area contributed by atoms with Crippen LogP contribution < -0.4 is 14.3 Å². The van der Waals surface area contributed by atoms with Gasteiger partial charge in [0.15, 0.2) is 0 Å². The summed E-state index contributed by atoms with van der Waals surface area (Å²) < 4.78 is 42.5. The van der Waals surface area contributed by atoms with Gasteiger partial charge < -0.3 is 5.73 Å². The van der Waals surface area contributed by atoms with Crippen LogP contribution in [0, 0.1) is 5.82 Å². The molecule has 2 N–H and O–H groups in total. The number of benzene rings is 2. The second-order valence-corrected chi connectivity index (χ2v) is 6.98. The lowest BCUT2D eigenvalue weighted by Crippen LogP contribution is -2.36. The Morgan fingerprint density at radius 3 is 2.17 bits per heavy atom. The van der Waals surface area contributed by atoms with E-state index in [9.17, 15) is 12.8 Å². The highest BCUT2D eigenvalue weighted by molar-refractivity contribution is 7.95. The van der Waals surface area contributed by atoms with Gasteiger partial charge in [0.25, 0.3) is 0 Å². The first-order valence-corrected chi connectivity index (χ1v) is 8.83. The van der Waals surface area contributed by atoms with Crippen molar-refractivity contribution in [1.82, 2.24) is 0 Å². The number of hydrogen-bond acceptors (Lipinski definition) is 3. The summed E-state index contributed by atoms with van der Waals surface area (Å²) in [5.41, 5.74) is 6.54. The molecule has 0 saturated carbocycles. The van der Waals surface area contributed by atoms with E-state index in [1.807, 2.05) is 0 Å². The molecule has 0 amide bonds. The monoisotopic (exact) mass is 335 g/mol. The van der Waals surface area contributed by atoms with Crippen LogP contribution in [0.15, 0.2) is 48.5 Å². The van der Waals surface area contributed by atoms with E-state index in [1.54, 1.807) is 30.3 Å². The maximum atomic E-state index is 14.2. The molecular formula is C16H18FN3O2S. The summed E-state index contributed by atoms with van der Waals surface area (Å²) in [4.78, 5) is 0. The van der Waals surface area contributed by atoms with Crippen LogP contribution in [0.5, 0.6) is 0 Å². The van der Waals surface area contributed by atoms with Gasteiger partial charge in [-0.15, -0.1) is 0 Å². The molecule has 0 aliphatic carbocycles. The molecule has 0 saturated heterocycles. The van der Waals surface area contributed by atoms with E-state index in [2.05, 4.69) is 0 Å². The zero-order chi connectivity index (χ0) is 16.4. The Morgan fingerprint density at radius 2 is 1.52 bits per heavy atom. The van der Waals surface area contributed by atoms with E-state index in [0.29, 0.717) is 30.9 Å². The van der Waals surface area contributed by atoms with E-state index in [-0.39, 0.29) is 5.69 Å². The number of unbranched alkanes of at least 4 members (excludes halogenated alkanes) is 1. The third-order valence-corrected chi connectivity index (χ3v) is 5.56. The molecule has 2 aromatic carbocycles. The summed E-state index contributed by atoms with van der Waals surface area (Å²) in [6.45, 7) is 0.827. The SMILES string of the molecule is NCCCCN1c2ccccc2N(c2ccccc2F)S1(=O)=O. The van der Waals surface area contributed by atoms with Crippen LogP contribution in [-0.4, -0.2) is 21.5 Å². The number of nitrogens with zero attached hydrogens (tertiary/aromatic N) is 2. The number of anilines is 3. The molecule has 1 aliphatic rings. The molecule has 1 heterocycles. The van der Waals surface area contributed by atoms with E-state index in [0.717, 1.165) is 10.7 Å². The summed E-state index contributed by atoms with van der Waals surface area (Å²) in [6, 6.07) is 12.8. The van der Waals surface area contributed by atoms with Gasteiger partial charge in [0.2, 0.25) is 0 Å². The van der Waals surface area contributed by atoms with Gasteiger partial charge >= 0.3 is 10.2 Å². The Labute approximate surface area is 135 Å². The molecule has 23 heavy (non-hydrogen) atoms. The minimum Gasteiger partial charge on any atom is -0.330 e. The fourth-order valence-electron chi connectivity index (χ4n) is 2.70. The van der Waals surface area contributed by atoms with Crippen LogP contribution in [0.1, 0.15) is 12.8 Å². The number of para-hydroxylation sites is 3. The van der Waals surface area contributed by atoms with Gasteiger partial charge in [-0.25, -0.2) is 8.70 Å². The molecule has 0 unspecified atom stereocenters. The smallest absolute Gasteiger partial charge is 0.330 e. The molecule has 5 nitrogen and oxygen atoms in total. The Balaban J connectivity index is 2.09. The highest BCUT2D eigenvalue weighted by Crippen LogP contribution is 2.45. The van der Waals surface area contributed by atoms with E-state index < -0.39 is 16.0 Å². The largest absolute Gasteiger partial charge is 0.331 e. The van der Waals surface area contributed by atoms with Gasteiger partial charge in [-0.2, -0.15) is 8.42 Å². The van der Waals surface area contributed by atoms with E-state index >= 15 is 0 Å². The standard InChI is InChI=1S/C16H18FN3O2S/c17-13-7-1-2-8-14(13)20-16-10-4-3-9-15(16)19(23(20,21)22)12-6-5-11-18/h1-4,7-10H,5-6,11-12,18H2. The van der Waals surface area contributed by atoms with Gasteiger partial charge in [0.1, 0.15) is 5.82 Å². The third-order valence-electron chi connectivity index (χ3n) is 3.77. The predicted molar refractivity (Wildman–Crippen MR) is 89.5 cm³/mol. The van der Waals surface area contributed by atoms with Crippen LogP contribution in [0.2, 0.25) is 0 Å². The Hall–Kier alpha value is -2.12. The maximum absolute atomic E-state index is 14.2. The van der Waals surface area contributed by atoms with Crippen molar-refractivity contribution in [2.24, 2.45) is 5.73 Å². The second kappa shape index (κ2) is 6.17. The van der Waals surface area contributed by atoms with Crippen LogP contribution in [0.4, 0.5) is 21.5 Å². The van der Waals surface area contributed by atoms with Crippen molar-refractivity contribution in [3.8, 4) is 0 Å². The van der Waals surface area contributed by atoms with Crippen molar-refractivity contribution in [1.29, 1.82) is 0 Å². The molecule has 0 bridgehead atoms. The zero-order valence-corrected chi connectivity index (χ0v) is 13.3. The molecule has 7 heteroatoms. The zero-order valence-electron chi connectivity index (χ0n) is 12.5. The van der Waals surface area contributed by atoms with Crippen molar-refractivity contribution in [3.63, 3.8) is 0 Å². The van der Waals surface area contributed by atoms with Gasteiger partial charge in [0.05, 0.1) is 17.1 Å². The van der Waals surface area contributed by atoms with Gasteiger partial charge in [-0.05, 0) is 43.7 Å². The topological polar surface area (TPSA) is 66.6 Å². The molecule has 0 aromatic heterocycles. The molecule has 0 fully saturated rings. The molecule has 0 atom stereocenters. The van der Waals surface area contributed by atoms with Gasteiger partial charge in [-0.1, -0.05) is 24.3 Å². The summed E-state index contributed by atoms with van der Waals surface area (Å²) in [7, 11) is -3.86. The third kappa shape index (κ3) is 2.66. The Morgan fingerprint density at radius 1 is 0.913 bits per heavy atom. The van der Waals surface area contributed by atoms with Crippen LogP contribution >= 0.6 is 0 Å². The first kappa shape index (κ1) is 15.8. The molecule has 1 aliphatic heterocycles. The summed E-state index contributed by atoms with van der Waals surface area (Å²) in [5.74, 6) is -0.574. The predicted octanol–water partition coefficient (Wildman–Crippen LogP) is 2.77. The Bertz CT molecular complexity index is 810. The highest BCUT2D eigenvalue weighted by atomic mass is 32.2. The molecule has 3 rings (SSSR count). The van der Waals surface area contributed by atoms with E-state index in [1.165, 1.54) is 22.5 Å².